The minimum absolute atomic E-state index is 0.878. The third-order valence-corrected chi connectivity index (χ3v) is 4.94. The number of fused-ring (bicyclic) bond motifs is 1. The van der Waals surface area contributed by atoms with Crippen LogP contribution in [-0.4, -0.2) is 30.0 Å². The molecule has 0 atom stereocenters. The van der Waals surface area contributed by atoms with E-state index in [4.69, 9.17) is 10.4 Å². The van der Waals surface area contributed by atoms with Gasteiger partial charge < -0.3 is 15.6 Å². The van der Waals surface area contributed by atoms with Crippen molar-refractivity contribution in [3.05, 3.63) is 88.8 Å². The van der Waals surface area contributed by atoms with Crippen molar-refractivity contribution in [3.8, 4) is 0 Å². The van der Waals surface area contributed by atoms with Gasteiger partial charge in [-0.1, -0.05) is 24.8 Å². The second kappa shape index (κ2) is 6.73. The van der Waals surface area contributed by atoms with Crippen molar-refractivity contribution < 1.29 is 0 Å². The molecule has 26 heavy (non-hydrogen) atoms. The van der Waals surface area contributed by atoms with Gasteiger partial charge in [0, 0.05) is 30.2 Å². The van der Waals surface area contributed by atoms with Crippen LogP contribution in [-0.2, 0) is 0 Å². The molecule has 0 saturated carbocycles. The number of benzene rings is 1. The molecule has 4 nitrogen and oxygen atoms in total. The maximum Gasteiger partial charge on any atom is 0.137 e. The number of amidine groups is 1. The number of hydrogen-bond acceptors (Lipinski definition) is 4. The highest BCUT2D eigenvalue weighted by molar-refractivity contribution is 6.02. The molecule has 1 aromatic carbocycles. The molecular weight excluding hydrogens is 320 g/mol. The maximum absolute atomic E-state index is 7.57. The van der Waals surface area contributed by atoms with Gasteiger partial charge >= 0.3 is 0 Å². The first-order valence-corrected chi connectivity index (χ1v) is 8.86. The average molecular weight is 342 g/mol. The molecule has 0 aromatic heterocycles. The van der Waals surface area contributed by atoms with Gasteiger partial charge in [-0.15, -0.1) is 0 Å². The molecule has 4 heteroatoms. The number of allylic oxidation sites excluding steroid dienone is 3. The Morgan fingerprint density at radius 1 is 1.31 bits per heavy atom. The van der Waals surface area contributed by atoms with Crippen molar-refractivity contribution >= 4 is 17.7 Å². The van der Waals surface area contributed by atoms with Gasteiger partial charge in [-0.2, -0.15) is 0 Å². The van der Waals surface area contributed by atoms with Gasteiger partial charge in [0.15, 0.2) is 0 Å². The lowest BCUT2D eigenvalue weighted by atomic mass is 9.98. The zero-order valence-electron chi connectivity index (χ0n) is 14.9. The smallest absolute Gasteiger partial charge is 0.137 e. The second-order valence-electron chi connectivity index (χ2n) is 6.68. The van der Waals surface area contributed by atoms with Crippen LogP contribution in [0.2, 0.25) is 0 Å². The monoisotopic (exact) mass is 342 g/mol. The third-order valence-electron chi connectivity index (χ3n) is 4.94. The summed E-state index contributed by atoms with van der Waals surface area (Å²) in [7, 11) is 0. The topological polar surface area (TPSA) is 51.5 Å². The normalized spacial score (nSPS) is 19.3. The van der Waals surface area contributed by atoms with E-state index >= 15 is 0 Å². The molecule has 0 spiro atoms. The lowest BCUT2D eigenvalue weighted by Crippen LogP contribution is -2.28. The zero-order chi connectivity index (χ0) is 18.1. The van der Waals surface area contributed by atoms with E-state index < -0.39 is 0 Å². The number of hydrogen-bond donors (Lipinski definition) is 2. The van der Waals surface area contributed by atoms with Crippen LogP contribution in [0.25, 0.3) is 5.70 Å². The maximum atomic E-state index is 7.57. The lowest BCUT2D eigenvalue weighted by Gasteiger charge is -2.30. The van der Waals surface area contributed by atoms with Crippen LogP contribution in [0.1, 0.15) is 23.1 Å². The molecule has 1 aromatic rings. The highest BCUT2D eigenvalue weighted by atomic mass is 15.2. The molecule has 0 unspecified atom stereocenters. The van der Waals surface area contributed by atoms with Crippen molar-refractivity contribution in [2.75, 3.05) is 13.1 Å². The van der Waals surface area contributed by atoms with Crippen LogP contribution in [0.5, 0.6) is 0 Å². The molecule has 0 fully saturated rings. The Morgan fingerprint density at radius 2 is 2.19 bits per heavy atom. The fourth-order valence-electron chi connectivity index (χ4n) is 3.37. The summed E-state index contributed by atoms with van der Waals surface area (Å²) in [5.74, 6) is 0.878. The lowest BCUT2D eigenvalue weighted by molar-refractivity contribution is 0.685. The Balaban J connectivity index is 1.65. The van der Waals surface area contributed by atoms with E-state index in [1.807, 2.05) is 30.0 Å². The van der Waals surface area contributed by atoms with Crippen LogP contribution in [0.4, 0.5) is 0 Å². The van der Waals surface area contributed by atoms with Crippen molar-refractivity contribution in [3.63, 3.8) is 0 Å². The molecule has 2 N–H and O–H groups in total. The zero-order valence-corrected chi connectivity index (χ0v) is 14.9. The van der Waals surface area contributed by atoms with E-state index in [2.05, 4.69) is 42.4 Å². The molecule has 130 valence electrons. The predicted octanol–water partition coefficient (Wildman–Crippen LogP) is 3.93. The number of nitrogens with zero attached hydrogens (tertiary/aromatic N) is 2. The van der Waals surface area contributed by atoms with Crippen molar-refractivity contribution in [2.24, 2.45) is 4.99 Å². The molecule has 0 aliphatic carbocycles. The first-order valence-electron chi connectivity index (χ1n) is 8.86. The van der Waals surface area contributed by atoms with Gasteiger partial charge in [-0.25, -0.2) is 4.99 Å². The van der Waals surface area contributed by atoms with Crippen LogP contribution in [0, 0.1) is 12.3 Å². The number of rotatable bonds is 3. The number of aliphatic imine (C=N–C) groups is 1. The minimum Gasteiger partial charge on any atom is -0.313 e. The second-order valence-corrected chi connectivity index (χ2v) is 6.68. The Kier molecular flexibility index (Phi) is 4.27. The molecule has 3 aliphatic heterocycles. The molecule has 0 amide bonds. The van der Waals surface area contributed by atoms with Crippen LogP contribution >= 0.6 is 0 Å². The highest BCUT2D eigenvalue weighted by Gasteiger charge is 2.21. The summed E-state index contributed by atoms with van der Waals surface area (Å²) in [6.07, 6.45) is 13.0. The van der Waals surface area contributed by atoms with Gasteiger partial charge in [0.25, 0.3) is 0 Å². The van der Waals surface area contributed by atoms with Gasteiger partial charge in [-0.3, -0.25) is 0 Å². The summed E-state index contributed by atoms with van der Waals surface area (Å²) >= 11 is 0. The van der Waals surface area contributed by atoms with Crippen molar-refractivity contribution in [1.29, 1.82) is 5.41 Å². The fourth-order valence-corrected chi connectivity index (χ4v) is 3.37. The number of nitrogens with one attached hydrogen (secondary N) is 2. The SMILES string of the molecule is C=C1C=C(c2ccc(C)c(C=N)c2)N=C2C=CC(C3=CCNCC3)=CN12. The van der Waals surface area contributed by atoms with E-state index in [1.165, 1.54) is 17.4 Å². The van der Waals surface area contributed by atoms with Crippen molar-refractivity contribution in [1.82, 2.24) is 10.2 Å². The molecule has 3 aliphatic rings. The summed E-state index contributed by atoms with van der Waals surface area (Å²) < 4.78 is 0. The Hall–Kier alpha value is -2.98. The Morgan fingerprint density at radius 3 is 2.96 bits per heavy atom. The van der Waals surface area contributed by atoms with E-state index in [1.54, 1.807) is 0 Å². The van der Waals surface area contributed by atoms with Crippen molar-refractivity contribution in [2.45, 2.75) is 13.3 Å². The summed E-state index contributed by atoms with van der Waals surface area (Å²) in [6, 6.07) is 6.09. The van der Waals surface area contributed by atoms with Gasteiger partial charge in [0.05, 0.1) is 5.70 Å². The quantitative estimate of drug-likeness (QED) is 0.818. The summed E-state index contributed by atoms with van der Waals surface area (Å²) in [4.78, 5) is 6.86. The van der Waals surface area contributed by atoms with Crippen LogP contribution in [0.3, 0.4) is 0 Å². The molecule has 3 heterocycles. The standard InChI is InChI=1S/C22H22N4/c1-15-3-4-18(12-20(15)13-23)21-11-16(2)26-14-19(5-6-22(26)25-21)17-7-9-24-10-8-17/h3-7,11-14,23-24H,2,8-10H2,1H3. The Labute approximate surface area is 154 Å². The van der Waals surface area contributed by atoms with Crippen LogP contribution in [0.15, 0.2) is 77.1 Å². The molecule has 0 bridgehead atoms. The van der Waals surface area contributed by atoms with E-state index in [0.717, 1.165) is 53.4 Å². The highest BCUT2D eigenvalue weighted by Crippen LogP contribution is 2.30. The first kappa shape index (κ1) is 16.5. The van der Waals surface area contributed by atoms with E-state index in [9.17, 15) is 0 Å². The molecular formula is C22H22N4. The van der Waals surface area contributed by atoms with E-state index in [0.29, 0.717) is 0 Å². The Bertz CT molecular complexity index is 941. The average Bonchev–Trinajstić information content (AvgIpc) is 2.68. The van der Waals surface area contributed by atoms with Gasteiger partial charge in [-0.05, 0) is 66.5 Å². The van der Waals surface area contributed by atoms with Crippen LogP contribution < -0.4 is 5.32 Å². The minimum atomic E-state index is 0.878. The van der Waals surface area contributed by atoms with Gasteiger partial charge in [0.1, 0.15) is 5.84 Å². The third kappa shape index (κ3) is 3.00. The summed E-state index contributed by atoms with van der Waals surface area (Å²) in [5.41, 5.74) is 7.39. The summed E-state index contributed by atoms with van der Waals surface area (Å²) in [6.45, 7) is 8.18. The largest absolute Gasteiger partial charge is 0.313 e. The number of aryl methyl sites for hydroxylation is 1. The molecule has 4 rings (SSSR count). The molecule has 0 saturated heterocycles. The predicted molar refractivity (Wildman–Crippen MR) is 108 cm³/mol. The van der Waals surface area contributed by atoms with Gasteiger partial charge in [0.2, 0.25) is 0 Å². The molecule has 0 radical (unpaired) electrons. The van der Waals surface area contributed by atoms with E-state index in [-0.39, 0.29) is 0 Å². The summed E-state index contributed by atoms with van der Waals surface area (Å²) in [5, 5.41) is 10.9. The fraction of sp³-hybridized carbons (Fsp3) is 0.182. The first-order chi connectivity index (χ1) is 12.7.